The molecule has 0 spiro atoms. The summed E-state index contributed by atoms with van der Waals surface area (Å²) in [6.07, 6.45) is 0. The summed E-state index contributed by atoms with van der Waals surface area (Å²) >= 11 is 5.60. The Morgan fingerprint density at radius 2 is 1.86 bits per heavy atom. The molecule has 0 saturated heterocycles. The second-order valence-corrected chi connectivity index (χ2v) is 6.40. The summed E-state index contributed by atoms with van der Waals surface area (Å²) in [7, 11) is -3.78. The molecule has 0 radical (unpaired) electrons. The van der Waals surface area contributed by atoms with Crippen LogP contribution in [-0.4, -0.2) is 8.42 Å². The van der Waals surface area contributed by atoms with Gasteiger partial charge in [0.15, 0.2) is 5.82 Å². The molecule has 7 heteroatoms. The molecular weight excluding hydrogens is 315 g/mol. The molecule has 0 aliphatic carbocycles. The molecule has 0 aromatic heterocycles. The SMILES string of the molecule is N#Cc1ccc(CS(=O)(=O)Nc2cccc(Cl)c2F)cc1. The van der Waals surface area contributed by atoms with Crippen LogP contribution in [0.1, 0.15) is 11.1 Å². The fourth-order valence-corrected chi connectivity index (χ4v) is 3.05. The number of halogens is 2. The van der Waals surface area contributed by atoms with E-state index in [9.17, 15) is 12.8 Å². The van der Waals surface area contributed by atoms with Gasteiger partial charge in [-0.25, -0.2) is 12.8 Å². The van der Waals surface area contributed by atoms with Crippen molar-refractivity contribution in [1.29, 1.82) is 5.26 Å². The molecule has 2 aromatic carbocycles. The van der Waals surface area contributed by atoms with E-state index in [-0.39, 0.29) is 16.5 Å². The van der Waals surface area contributed by atoms with Crippen molar-refractivity contribution < 1.29 is 12.8 Å². The van der Waals surface area contributed by atoms with Gasteiger partial charge in [-0.3, -0.25) is 4.72 Å². The predicted molar refractivity (Wildman–Crippen MR) is 78.8 cm³/mol. The van der Waals surface area contributed by atoms with E-state index in [1.54, 1.807) is 0 Å². The fraction of sp³-hybridized carbons (Fsp3) is 0.0714. The lowest BCUT2D eigenvalue weighted by molar-refractivity contribution is 0.598. The second-order valence-electron chi connectivity index (χ2n) is 4.27. The smallest absolute Gasteiger partial charge is 0.237 e. The number of hydrogen-bond acceptors (Lipinski definition) is 3. The zero-order valence-electron chi connectivity index (χ0n) is 10.7. The number of anilines is 1. The van der Waals surface area contributed by atoms with Crippen molar-refractivity contribution in [3.63, 3.8) is 0 Å². The van der Waals surface area contributed by atoms with Gasteiger partial charge in [0, 0.05) is 0 Å². The fourth-order valence-electron chi connectivity index (χ4n) is 1.68. The van der Waals surface area contributed by atoms with Gasteiger partial charge in [-0.1, -0.05) is 29.8 Å². The first-order valence-electron chi connectivity index (χ1n) is 5.85. The highest BCUT2D eigenvalue weighted by Gasteiger charge is 2.15. The van der Waals surface area contributed by atoms with Crippen LogP contribution >= 0.6 is 11.6 Å². The van der Waals surface area contributed by atoms with Crippen molar-refractivity contribution in [3.8, 4) is 6.07 Å². The molecule has 0 unspecified atom stereocenters. The van der Waals surface area contributed by atoms with Gasteiger partial charge < -0.3 is 0 Å². The van der Waals surface area contributed by atoms with Crippen molar-refractivity contribution in [2.24, 2.45) is 0 Å². The Balaban J connectivity index is 2.18. The largest absolute Gasteiger partial charge is 0.280 e. The standard InChI is InChI=1S/C14H10ClFN2O2S/c15-12-2-1-3-13(14(12)16)18-21(19,20)9-11-6-4-10(8-17)5-7-11/h1-7,18H,9H2. The molecule has 0 heterocycles. The molecule has 2 aromatic rings. The van der Waals surface area contributed by atoms with Crippen LogP contribution in [0.3, 0.4) is 0 Å². The van der Waals surface area contributed by atoms with E-state index in [0.717, 1.165) is 0 Å². The lowest BCUT2D eigenvalue weighted by Crippen LogP contribution is -2.16. The number of rotatable bonds is 4. The average Bonchev–Trinajstić information content (AvgIpc) is 2.44. The van der Waals surface area contributed by atoms with Crippen LogP contribution in [0.25, 0.3) is 0 Å². The lowest BCUT2D eigenvalue weighted by Gasteiger charge is -2.09. The monoisotopic (exact) mass is 324 g/mol. The minimum atomic E-state index is -3.78. The Morgan fingerprint density at radius 1 is 1.19 bits per heavy atom. The molecule has 0 fully saturated rings. The van der Waals surface area contributed by atoms with E-state index >= 15 is 0 Å². The van der Waals surface area contributed by atoms with E-state index in [1.807, 2.05) is 6.07 Å². The molecule has 0 aliphatic heterocycles. The topological polar surface area (TPSA) is 70.0 Å². The molecule has 4 nitrogen and oxygen atoms in total. The summed E-state index contributed by atoms with van der Waals surface area (Å²) < 4.78 is 39.8. The van der Waals surface area contributed by atoms with E-state index < -0.39 is 15.8 Å². The summed E-state index contributed by atoms with van der Waals surface area (Å²) in [5, 5.41) is 8.52. The van der Waals surface area contributed by atoms with Crippen LogP contribution in [0.5, 0.6) is 0 Å². The molecule has 1 N–H and O–H groups in total. The first-order valence-corrected chi connectivity index (χ1v) is 7.88. The Labute approximate surface area is 126 Å². The third-order valence-corrected chi connectivity index (χ3v) is 4.19. The van der Waals surface area contributed by atoms with Crippen LogP contribution in [0.15, 0.2) is 42.5 Å². The third-order valence-electron chi connectivity index (χ3n) is 2.66. The first kappa shape index (κ1) is 15.3. The summed E-state index contributed by atoms with van der Waals surface area (Å²) in [5.41, 5.74) is 0.727. The van der Waals surface area contributed by atoms with Gasteiger partial charge in [-0.2, -0.15) is 5.26 Å². The van der Waals surface area contributed by atoms with Gasteiger partial charge in [0.1, 0.15) is 0 Å². The van der Waals surface area contributed by atoms with Gasteiger partial charge >= 0.3 is 0 Å². The zero-order valence-corrected chi connectivity index (χ0v) is 12.2. The summed E-state index contributed by atoms with van der Waals surface area (Å²) in [4.78, 5) is 0. The zero-order chi connectivity index (χ0) is 15.5. The minimum Gasteiger partial charge on any atom is -0.280 e. The molecule has 0 aliphatic rings. The van der Waals surface area contributed by atoms with Crippen molar-refractivity contribution in [2.45, 2.75) is 5.75 Å². The van der Waals surface area contributed by atoms with Gasteiger partial charge in [-0.15, -0.1) is 0 Å². The normalized spacial score (nSPS) is 10.9. The third kappa shape index (κ3) is 3.94. The number of sulfonamides is 1. The van der Waals surface area contributed by atoms with Crippen LogP contribution in [-0.2, 0) is 15.8 Å². The van der Waals surface area contributed by atoms with Crippen molar-refractivity contribution in [1.82, 2.24) is 0 Å². The van der Waals surface area contributed by atoms with Crippen LogP contribution in [0.4, 0.5) is 10.1 Å². The molecule has 0 saturated carbocycles. The second kappa shape index (κ2) is 6.12. The Hall–Kier alpha value is -2.10. The summed E-state index contributed by atoms with van der Waals surface area (Å²) in [5.74, 6) is -1.15. The molecular formula is C14H10ClFN2O2S. The summed E-state index contributed by atoms with van der Waals surface area (Å²) in [6.45, 7) is 0. The van der Waals surface area contributed by atoms with Gasteiger partial charge in [0.25, 0.3) is 0 Å². The van der Waals surface area contributed by atoms with Gasteiger partial charge in [-0.05, 0) is 29.8 Å². The van der Waals surface area contributed by atoms with Crippen LogP contribution < -0.4 is 4.72 Å². The first-order chi connectivity index (χ1) is 9.91. The number of nitrogens with one attached hydrogen (secondary N) is 1. The highest BCUT2D eigenvalue weighted by molar-refractivity contribution is 7.91. The number of nitriles is 1. The Bertz CT molecular complexity index is 799. The Morgan fingerprint density at radius 3 is 2.48 bits per heavy atom. The maximum atomic E-state index is 13.7. The predicted octanol–water partition coefficient (Wildman–Crippen LogP) is 3.29. The molecule has 21 heavy (non-hydrogen) atoms. The molecule has 2 rings (SSSR count). The summed E-state index contributed by atoms with van der Waals surface area (Å²) in [6, 6.07) is 12.1. The number of benzene rings is 2. The maximum Gasteiger partial charge on any atom is 0.237 e. The highest BCUT2D eigenvalue weighted by atomic mass is 35.5. The van der Waals surface area contributed by atoms with Crippen molar-refractivity contribution in [3.05, 3.63) is 64.4 Å². The van der Waals surface area contributed by atoms with E-state index in [4.69, 9.17) is 16.9 Å². The van der Waals surface area contributed by atoms with Crippen molar-refractivity contribution >= 4 is 27.3 Å². The highest BCUT2D eigenvalue weighted by Crippen LogP contribution is 2.23. The van der Waals surface area contributed by atoms with E-state index in [2.05, 4.69) is 4.72 Å². The maximum absolute atomic E-state index is 13.7. The average molecular weight is 325 g/mol. The van der Waals surface area contributed by atoms with Crippen LogP contribution in [0, 0.1) is 17.1 Å². The van der Waals surface area contributed by atoms with Crippen LogP contribution in [0.2, 0.25) is 5.02 Å². The van der Waals surface area contributed by atoms with E-state index in [0.29, 0.717) is 11.1 Å². The van der Waals surface area contributed by atoms with Gasteiger partial charge in [0.05, 0.1) is 28.1 Å². The number of hydrogen-bond donors (Lipinski definition) is 1. The Kier molecular flexibility index (Phi) is 4.46. The van der Waals surface area contributed by atoms with E-state index in [1.165, 1.54) is 42.5 Å². The quantitative estimate of drug-likeness (QED) is 0.938. The molecule has 0 bridgehead atoms. The lowest BCUT2D eigenvalue weighted by atomic mass is 10.2. The molecule has 108 valence electrons. The molecule has 0 amide bonds. The minimum absolute atomic E-state index is 0.159. The molecule has 0 atom stereocenters. The van der Waals surface area contributed by atoms with Gasteiger partial charge in [0.2, 0.25) is 10.0 Å². The van der Waals surface area contributed by atoms with Crippen molar-refractivity contribution in [2.75, 3.05) is 4.72 Å². The number of nitrogens with zero attached hydrogens (tertiary/aromatic N) is 1.